The molecule has 0 radical (unpaired) electrons. The van der Waals surface area contributed by atoms with Crippen LogP contribution in [0.4, 0.5) is 0 Å². The fourth-order valence-corrected chi connectivity index (χ4v) is 3.69. The zero-order valence-corrected chi connectivity index (χ0v) is 17.6. The van der Waals surface area contributed by atoms with Gasteiger partial charge in [0.2, 0.25) is 0 Å². The van der Waals surface area contributed by atoms with Gasteiger partial charge in [0.1, 0.15) is 0 Å². The van der Waals surface area contributed by atoms with E-state index in [9.17, 15) is 0 Å². The zero-order chi connectivity index (χ0) is 18.7. The third-order valence-electron chi connectivity index (χ3n) is 5.34. The molecule has 2 N–H and O–H groups in total. The number of nitrogens with two attached hydrogens (primary N) is 1. The normalized spacial score (nSPS) is 14.5. The summed E-state index contributed by atoms with van der Waals surface area (Å²) < 4.78 is 0. The maximum Gasteiger partial charge on any atom is 0.0990 e. The van der Waals surface area contributed by atoms with Crippen molar-refractivity contribution in [2.75, 3.05) is 26.2 Å². The predicted octanol–water partition coefficient (Wildman–Crippen LogP) is 6.09. The molecule has 152 valence electrons. The lowest BCUT2D eigenvalue weighted by atomic mass is 10.1. The first-order valence-electron chi connectivity index (χ1n) is 11.5. The summed E-state index contributed by atoms with van der Waals surface area (Å²) in [7, 11) is 0. The Kier molecular flexibility index (Phi) is 15.7. The Labute approximate surface area is 163 Å². The van der Waals surface area contributed by atoms with Crippen molar-refractivity contribution >= 4 is 5.84 Å². The van der Waals surface area contributed by atoms with Crippen molar-refractivity contribution in [1.29, 1.82) is 0 Å². The average molecular weight is 364 g/mol. The summed E-state index contributed by atoms with van der Waals surface area (Å²) in [5.41, 5.74) is 5.66. The Morgan fingerprint density at radius 2 is 1.42 bits per heavy atom. The number of hydrogen-bond acceptors (Lipinski definition) is 3. The Balaban J connectivity index is 1.81. The van der Waals surface area contributed by atoms with E-state index in [2.05, 4.69) is 29.0 Å². The number of hydrogen-bond donors (Lipinski definition) is 1. The van der Waals surface area contributed by atoms with Gasteiger partial charge < -0.3 is 10.6 Å². The first kappa shape index (κ1) is 23.2. The topological polar surface area (TPSA) is 41.6 Å². The highest BCUT2D eigenvalue weighted by molar-refractivity contribution is 5.83. The Hall–Kier alpha value is -0.830. The monoisotopic (exact) mass is 363 g/mol. The number of aliphatic imine (C=N–C) groups is 1. The van der Waals surface area contributed by atoms with Crippen molar-refractivity contribution < 1.29 is 0 Å². The number of nitrogens with zero attached hydrogens (tertiary/aromatic N) is 2. The smallest absolute Gasteiger partial charge is 0.0990 e. The Morgan fingerprint density at radius 1 is 0.846 bits per heavy atom. The van der Waals surface area contributed by atoms with Crippen molar-refractivity contribution in [1.82, 2.24) is 4.90 Å². The summed E-state index contributed by atoms with van der Waals surface area (Å²) in [6, 6.07) is 0. The van der Waals surface area contributed by atoms with Gasteiger partial charge in [0.25, 0.3) is 0 Å². The molecule has 0 saturated heterocycles. The fraction of sp³-hybridized carbons (Fsp3) is 0.870. The van der Waals surface area contributed by atoms with Crippen LogP contribution in [-0.2, 0) is 0 Å². The Bertz CT molecular complexity index is 362. The first-order chi connectivity index (χ1) is 12.9. The van der Waals surface area contributed by atoms with E-state index in [4.69, 9.17) is 5.73 Å². The van der Waals surface area contributed by atoms with Gasteiger partial charge in [0, 0.05) is 26.1 Å². The van der Waals surface area contributed by atoms with E-state index in [1.807, 2.05) is 0 Å². The minimum Gasteiger partial charge on any atom is -0.357 e. The molecule has 0 spiro atoms. The average Bonchev–Trinajstić information content (AvgIpc) is 3.09. The lowest BCUT2D eigenvalue weighted by Gasteiger charge is -2.19. The predicted molar refractivity (Wildman–Crippen MR) is 117 cm³/mol. The van der Waals surface area contributed by atoms with Crippen LogP contribution in [0, 0.1) is 0 Å². The van der Waals surface area contributed by atoms with Crippen molar-refractivity contribution in [3.05, 3.63) is 12.2 Å². The third-order valence-corrected chi connectivity index (χ3v) is 5.34. The molecule has 3 heteroatoms. The van der Waals surface area contributed by atoms with Gasteiger partial charge >= 0.3 is 0 Å². The molecule has 26 heavy (non-hydrogen) atoms. The van der Waals surface area contributed by atoms with Crippen LogP contribution in [0.3, 0.4) is 0 Å². The van der Waals surface area contributed by atoms with E-state index in [0.29, 0.717) is 0 Å². The number of amidine groups is 1. The number of allylic oxidation sites excluding steroid dienone is 2. The zero-order valence-electron chi connectivity index (χ0n) is 17.6. The van der Waals surface area contributed by atoms with E-state index in [-0.39, 0.29) is 0 Å². The molecule has 0 fully saturated rings. The third kappa shape index (κ3) is 12.5. The maximum atomic E-state index is 5.66. The van der Waals surface area contributed by atoms with Gasteiger partial charge in [0.05, 0.1) is 12.4 Å². The van der Waals surface area contributed by atoms with Gasteiger partial charge in [-0.15, -0.1) is 0 Å². The molecule has 0 bridgehead atoms. The van der Waals surface area contributed by atoms with E-state index in [1.54, 1.807) is 0 Å². The van der Waals surface area contributed by atoms with Crippen LogP contribution in [0.1, 0.15) is 103 Å². The molecule has 0 saturated carbocycles. The standard InChI is InChI=1S/C23H45N3/c1-2-3-4-5-6-7-8-9-10-11-12-13-14-15-16-17-18-23-25-20-22-26(23)21-19-24/h12-13H,2-11,14-22,24H2,1H3/b13-12+. The van der Waals surface area contributed by atoms with Crippen molar-refractivity contribution in [3.63, 3.8) is 0 Å². The molecule has 0 aromatic carbocycles. The van der Waals surface area contributed by atoms with E-state index in [1.165, 1.54) is 95.7 Å². The summed E-state index contributed by atoms with van der Waals surface area (Å²) in [6.07, 6.45) is 25.2. The molecule has 0 aromatic heterocycles. The van der Waals surface area contributed by atoms with Crippen LogP contribution < -0.4 is 5.73 Å². The summed E-state index contributed by atoms with van der Waals surface area (Å²) >= 11 is 0. The van der Waals surface area contributed by atoms with Crippen molar-refractivity contribution in [2.24, 2.45) is 10.7 Å². The van der Waals surface area contributed by atoms with Crippen molar-refractivity contribution in [3.8, 4) is 0 Å². The molecule has 0 aromatic rings. The second-order valence-corrected chi connectivity index (χ2v) is 7.76. The van der Waals surface area contributed by atoms with Gasteiger partial charge in [-0.25, -0.2) is 0 Å². The quantitative estimate of drug-likeness (QED) is 0.236. The maximum absolute atomic E-state index is 5.66. The van der Waals surface area contributed by atoms with Crippen molar-refractivity contribution in [2.45, 2.75) is 103 Å². The van der Waals surface area contributed by atoms with Crippen LogP contribution in [0.2, 0.25) is 0 Å². The minimum absolute atomic E-state index is 0.739. The van der Waals surface area contributed by atoms with E-state index < -0.39 is 0 Å². The molecule has 0 amide bonds. The molecule has 0 atom stereocenters. The first-order valence-corrected chi connectivity index (χ1v) is 11.5. The largest absolute Gasteiger partial charge is 0.357 e. The lowest BCUT2D eigenvalue weighted by molar-refractivity contribution is 0.456. The summed E-state index contributed by atoms with van der Waals surface area (Å²) in [5, 5.41) is 0. The number of unbranched alkanes of at least 4 members (excludes halogenated alkanes) is 12. The second-order valence-electron chi connectivity index (χ2n) is 7.76. The molecule has 1 rings (SSSR count). The van der Waals surface area contributed by atoms with Gasteiger partial charge in [-0.1, -0.05) is 76.9 Å². The number of rotatable bonds is 18. The van der Waals surface area contributed by atoms with Crippen LogP contribution in [0.25, 0.3) is 0 Å². The molecule has 3 nitrogen and oxygen atoms in total. The lowest BCUT2D eigenvalue weighted by Crippen LogP contribution is -2.32. The van der Waals surface area contributed by atoms with Gasteiger partial charge in [0.15, 0.2) is 0 Å². The molecule has 1 aliphatic heterocycles. The summed E-state index contributed by atoms with van der Waals surface area (Å²) in [4.78, 5) is 6.98. The highest BCUT2D eigenvalue weighted by Crippen LogP contribution is 2.12. The molecular weight excluding hydrogens is 318 g/mol. The summed E-state index contributed by atoms with van der Waals surface area (Å²) in [6.45, 7) is 6.05. The van der Waals surface area contributed by atoms with Crippen LogP contribution in [-0.4, -0.2) is 36.9 Å². The highest BCUT2D eigenvalue weighted by Gasteiger charge is 2.14. The Morgan fingerprint density at radius 3 is 2.04 bits per heavy atom. The van der Waals surface area contributed by atoms with Crippen LogP contribution in [0.15, 0.2) is 17.1 Å². The second kappa shape index (κ2) is 17.6. The van der Waals surface area contributed by atoms with Gasteiger partial charge in [-0.3, -0.25) is 4.99 Å². The molecule has 0 unspecified atom stereocenters. The van der Waals surface area contributed by atoms with E-state index in [0.717, 1.165) is 32.6 Å². The summed E-state index contributed by atoms with van der Waals surface area (Å²) in [5.74, 6) is 1.30. The fourth-order valence-electron chi connectivity index (χ4n) is 3.69. The minimum atomic E-state index is 0.739. The van der Waals surface area contributed by atoms with E-state index >= 15 is 0 Å². The highest BCUT2D eigenvalue weighted by atomic mass is 15.2. The molecular formula is C23H45N3. The SMILES string of the molecule is CCCCCCCCCCC/C=C/CCCCCC1=NCCN1CCN. The van der Waals surface area contributed by atoms with Crippen LogP contribution >= 0.6 is 0 Å². The molecule has 0 aliphatic carbocycles. The van der Waals surface area contributed by atoms with Gasteiger partial charge in [-0.05, 0) is 32.1 Å². The van der Waals surface area contributed by atoms with Gasteiger partial charge in [-0.2, -0.15) is 0 Å². The molecule has 1 aliphatic rings. The van der Waals surface area contributed by atoms with Crippen LogP contribution in [0.5, 0.6) is 0 Å². The molecule has 1 heterocycles.